The molecule has 0 amide bonds. The van der Waals surface area contributed by atoms with Crippen LogP contribution in [0.15, 0.2) is 29.2 Å². The summed E-state index contributed by atoms with van der Waals surface area (Å²) in [4.78, 5) is 11.0. The van der Waals surface area contributed by atoms with Crippen LogP contribution in [0, 0.1) is 5.92 Å². The smallest absolute Gasteiger partial charge is 0.307 e. The number of nitrogens with zero attached hydrogens (tertiary/aromatic N) is 1. The van der Waals surface area contributed by atoms with Gasteiger partial charge in [0.05, 0.1) is 17.4 Å². The van der Waals surface area contributed by atoms with Crippen molar-refractivity contribution in [3.05, 3.63) is 24.3 Å². The van der Waals surface area contributed by atoms with Gasteiger partial charge in [0.25, 0.3) is 0 Å². The van der Waals surface area contributed by atoms with E-state index in [1.54, 1.807) is 12.1 Å². The van der Waals surface area contributed by atoms with Crippen molar-refractivity contribution < 1.29 is 23.1 Å². The third-order valence-electron chi connectivity index (χ3n) is 3.25. The molecule has 7 heteroatoms. The summed E-state index contributed by atoms with van der Waals surface area (Å²) < 4.78 is 31.4. The highest BCUT2D eigenvalue weighted by molar-refractivity contribution is 7.89. The minimum atomic E-state index is -3.66. The van der Waals surface area contributed by atoms with E-state index in [0.29, 0.717) is 18.8 Å². The van der Waals surface area contributed by atoms with Crippen LogP contribution in [0.4, 0.5) is 0 Å². The largest absolute Gasteiger partial charge is 0.494 e. The molecule has 110 valence electrons. The Bertz CT molecular complexity index is 599. The number of carbonyl (C=O) groups is 1. The zero-order valence-corrected chi connectivity index (χ0v) is 12.0. The van der Waals surface area contributed by atoms with Crippen LogP contribution in [0.3, 0.4) is 0 Å². The van der Waals surface area contributed by atoms with E-state index in [1.165, 1.54) is 16.4 Å². The van der Waals surface area contributed by atoms with E-state index in [4.69, 9.17) is 9.84 Å². The van der Waals surface area contributed by atoms with Gasteiger partial charge in [-0.2, -0.15) is 4.31 Å². The molecule has 1 aliphatic rings. The first kappa shape index (κ1) is 14.8. The van der Waals surface area contributed by atoms with Crippen molar-refractivity contribution in [3.8, 4) is 5.75 Å². The van der Waals surface area contributed by atoms with E-state index in [2.05, 4.69) is 0 Å². The molecule has 1 atom stereocenters. The highest BCUT2D eigenvalue weighted by atomic mass is 32.2. The van der Waals surface area contributed by atoms with Gasteiger partial charge in [-0.05, 0) is 25.5 Å². The molecule has 2 rings (SSSR count). The van der Waals surface area contributed by atoms with Gasteiger partial charge in [-0.3, -0.25) is 4.79 Å². The summed E-state index contributed by atoms with van der Waals surface area (Å²) in [7, 11) is -3.66. The molecule has 1 aliphatic heterocycles. The van der Waals surface area contributed by atoms with Gasteiger partial charge >= 0.3 is 5.97 Å². The van der Waals surface area contributed by atoms with Crippen LogP contribution in [-0.4, -0.2) is 43.5 Å². The average molecular weight is 299 g/mol. The summed E-state index contributed by atoms with van der Waals surface area (Å²) in [5, 5.41) is 8.94. The number of ether oxygens (including phenoxy) is 1. The molecular formula is C13H17NO5S. The van der Waals surface area contributed by atoms with Crippen LogP contribution >= 0.6 is 0 Å². The third-order valence-corrected chi connectivity index (χ3v) is 5.12. The van der Waals surface area contributed by atoms with E-state index < -0.39 is 21.9 Å². The third kappa shape index (κ3) is 2.94. The molecule has 1 unspecified atom stereocenters. The predicted octanol–water partition coefficient (Wildman–Crippen LogP) is 1.18. The summed E-state index contributed by atoms with van der Waals surface area (Å²) in [6.07, 6.45) is 0.347. The molecule has 0 radical (unpaired) electrons. The Balaban J connectivity index is 2.23. The summed E-state index contributed by atoms with van der Waals surface area (Å²) in [6, 6.07) is 6.26. The Kier molecular flexibility index (Phi) is 4.29. The number of hydrogen-bond acceptors (Lipinski definition) is 4. The predicted molar refractivity (Wildman–Crippen MR) is 72.1 cm³/mol. The van der Waals surface area contributed by atoms with E-state index in [0.717, 1.165) is 0 Å². The van der Waals surface area contributed by atoms with Crippen molar-refractivity contribution in [2.45, 2.75) is 18.2 Å². The molecule has 1 fully saturated rings. The minimum absolute atomic E-state index is 0.0243. The molecule has 0 aromatic heterocycles. The Morgan fingerprint density at radius 3 is 2.85 bits per heavy atom. The molecule has 0 bridgehead atoms. The first-order valence-corrected chi connectivity index (χ1v) is 7.85. The highest BCUT2D eigenvalue weighted by Crippen LogP contribution is 2.26. The second-order valence-electron chi connectivity index (χ2n) is 4.59. The van der Waals surface area contributed by atoms with Crippen LogP contribution in [0.1, 0.15) is 13.3 Å². The average Bonchev–Trinajstić information content (AvgIpc) is 2.90. The zero-order chi connectivity index (χ0) is 14.8. The quantitative estimate of drug-likeness (QED) is 0.882. The van der Waals surface area contributed by atoms with E-state index >= 15 is 0 Å². The van der Waals surface area contributed by atoms with Gasteiger partial charge in [0.2, 0.25) is 10.0 Å². The zero-order valence-electron chi connectivity index (χ0n) is 11.2. The van der Waals surface area contributed by atoms with E-state index in [9.17, 15) is 13.2 Å². The lowest BCUT2D eigenvalue weighted by atomic mass is 10.1. The maximum Gasteiger partial charge on any atom is 0.307 e. The minimum Gasteiger partial charge on any atom is -0.494 e. The summed E-state index contributed by atoms with van der Waals surface area (Å²) in [6.45, 7) is 2.53. The molecule has 0 spiro atoms. The Hall–Kier alpha value is -1.60. The number of rotatable bonds is 5. The number of benzene rings is 1. The van der Waals surface area contributed by atoms with Crippen molar-refractivity contribution in [2.24, 2.45) is 5.92 Å². The topological polar surface area (TPSA) is 83.9 Å². The SMILES string of the molecule is CCOc1cccc(S(=O)(=O)N2CCC(C(=O)O)C2)c1. The van der Waals surface area contributed by atoms with E-state index in [1.807, 2.05) is 6.92 Å². The standard InChI is InChI=1S/C13H17NO5S/c1-2-19-11-4-3-5-12(8-11)20(17,18)14-7-6-10(9-14)13(15)16/h3-5,8,10H,2,6-7,9H2,1H3,(H,15,16). The molecule has 1 aromatic carbocycles. The molecular weight excluding hydrogens is 282 g/mol. The van der Waals surface area contributed by atoms with Gasteiger partial charge in [0.15, 0.2) is 0 Å². The number of aliphatic carboxylic acids is 1. The fourth-order valence-corrected chi connectivity index (χ4v) is 3.72. The normalized spacial score (nSPS) is 19.9. The summed E-state index contributed by atoms with van der Waals surface area (Å²) >= 11 is 0. The van der Waals surface area contributed by atoms with Crippen molar-refractivity contribution in [3.63, 3.8) is 0 Å². The van der Waals surface area contributed by atoms with Gasteiger partial charge < -0.3 is 9.84 Å². The molecule has 1 heterocycles. The van der Waals surface area contributed by atoms with Crippen molar-refractivity contribution in [1.29, 1.82) is 0 Å². The highest BCUT2D eigenvalue weighted by Gasteiger charge is 2.35. The van der Waals surface area contributed by atoms with Crippen molar-refractivity contribution in [1.82, 2.24) is 4.31 Å². The molecule has 1 saturated heterocycles. The Morgan fingerprint density at radius 1 is 1.50 bits per heavy atom. The molecule has 20 heavy (non-hydrogen) atoms. The lowest BCUT2D eigenvalue weighted by molar-refractivity contribution is -0.141. The van der Waals surface area contributed by atoms with Crippen LogP contribution in [0.2, 0.25) is 0 Å². The van der Waals surface area contributed by atoms with Gasteiger partial charge in [-0.1, -0.05) is 6.07 Å². The van der Waals surface area contributed by atoms with Crippen LogP contribution in [0.25, 0.3) is 0 Å². The summed E-state index contributed by atoms with van der Waals surface area (Å²) in [5.74, 6) is -1.09. The Labute approximate surface area is 118 Å². The number of hydrogen-bond donors (Lipinski definition) is 1. The Morgan fingerprint density at radius 2 is 2.25 bits per heavy atom. The van der Waals surface area contributed by atoms with E-state index in [-0.39, 0.29) is 18.0 Å². The van der Waals surface area contributed by atoms with Gasteiger partial charge in [-0.25, -0.2) is 8.42 Å². The van der Waals surface area contributed by atoms with Crippen LogP contribution in [-0.2, 0) is 14.8 Å². The maximum atomic E-state index is 12.4. The first-order valence-electron chi connectivity index (χ1n) is 6.41. The van der Waals surface area contributed by atoms with Crippen LogP contribution in [0.5, 0.6) is 5.75 Å². The fourth-order valence-electron chi connectivity index (χ4n) is 2.19. The number of carboxylic acids is 1. The molecule has 0 saturated carbocycles. The lowest BCUT2D eigenvalue weighted by Gasteiger charge is -2.16. The fraction of sp³-hybridized carbons (Fsp3) is 0.462. The van der Waals surface area contributed by atoms with Crippen molar-refractivity contribution >= 4 is 16.0 Å². The first-order chi connectivity index (χ1) is 9.45. The molecule has 1 aromatic rings. The lowest BCUT2D eigenvalue weighted by Crippen LogP contribution is -2.30. The van der Waals surface area contributed by atoms with Gasteiger partial charge in [0.1, 0.15) is 5.75 Å². The number of carboxylic acid groups (broad SMARTS) is 1. The van der Waals surface area contributed by atoms with Gasteiger partial charge in [0, 0.05) is 19.2 Å². The maximum absolute atomic E-state index is 12.4. The monoisotopic (exact) mass is 299 g/mol. The molecule has 0 aliphatic carbocycles. The van der Waals surface area contributed by atoms with Crippen LogP contribution < -0.4 is 4.74 Å². The second kappa shape index (κ2) is 5.80. The second-order valence-corrected chi connectivity index (χ2v) is 6.53. The van der Waals surface area contributed by atoms with Gasteiger partial charge in [-0.15, -0.1) is 0 Å². The summed E-state index contributed by atoms with van der Waals surface area (Å²) in [5.41, 5.74) is 0. The molecule has 6 nitrogen and oxygen atoms in total. The number of sulfonamides is 1. The van der Waals surface area contributed by atoms with Crippen molar-refractivity contribution in [2.75, 3.05) is 19.7 Å². The molecule has 1 N–H and O–H groups in total.